The number of halogens is 1. The summed E-state index contributed by atoms with van der Waals surface area (Å²) in [4.78, 5) is 4.14. The Balaban J connectivity index is 1.75. The highest BCUT2D eigenvalue weighted by Gasteiger charge is 2.31. The fourth-order valence-electron chi connectivity index (χ4n) is 4.02. The van der Waals surface area contributed by atoms with Crippen LogP contribution in [0.4, 0.5) is 4.39 Å². The van der Waals surface area contributed by atoms with Crippen molar-refractivity contribution < 1.29 is 4.39 Å². The molecule has 0 fully saturated rings. The largest absolute Gasteiger partial charge is 0.337 e. The van der Waals surface area contributed by atoms with E-state index in [1.165, 1.54) is 11.6 Å². The van der Waals surface area contributed by atoms with Gasteiger partial charge in [0.15, 0.2) is 0 Å². The van der Waals surface area contributed by atoms with E-state index in [1.807, 2.05) is 18.6 Å². The molecule has 0 bridgehead atoms. The molecule has 2 unspecified atom stereocenters. The van der Waals surface area contributed by atoms with Crippen molar-refractivity contribution in [3.8, 4) is 11.3 Å². The summed E-state index contributed by atoms with van der Waals surface area (Å²) in [6, 6.07) is 8.83. The van der Waals surface area contributed by atoms with Crippen molar-refractivity contribution in [1.82, 2.24) is 19.7 Å². The van der Waals surface area contributed by atoms with Crippen LogP contribution >= 0.6 is 0 Å². The Morgan fingerprint density at radius 2 is 2.04 bits per heavy atom. The number of fused-ring (bicyclic) bond motifs is 1. The third-order valence-electron chi connectivity index (χ3n) is 5.41. The third-order valence-corrected chi connectivity index (χ3v) is 5.41. The summed E-state index contributed by atoms with van der Waals surface area (Å²) in [5.41, 5.74) is 3.42. The maximum atomic E-state index is 14.2. The highest BCUT2D eigenvalue weighted by atomic mass is 19.1. The smallest absolute Gasteiger partial charge is 0.132 e. The van der Waals surface area contributed by atoms with Crippen LogP contribution in [0.3, 0.4) is 0 Å². The van der Waals surface area contributed by atoms with Crippen LogP contribution in [-0.2, 0) is 6.54 Å². The molecular weight excluding hydrogens is 327 g/mol. The lowest BCUT2D eigenvalue weighted by Gasteiger charge is -2.32. The number of nitrogens with zero attached hydrogens (tertiary/aromatic N) is 4. The summed E-state index contributed by atoms with van der Waals surface area (Å²) in [5, 5.41) is 8.96. The first-order valence-corrected chi connectivity index (χ1v) is 9.21. The second kappa shape index (κ2) is 6.98. The molecule has 1 aliphatic carbocycles. The Hall–Kier alpha value is -2.56. The molecule has 134 valence electrons. The van der Waals surface area contributed by atoms with Crippen molar-refractivity contribution >= 4 is 0 Å². The first kappa shape index (κ1) is 16.9. The minimum absolute atomic E-state index is 0.256. The zero-order valence-electron chi connectivity index (χ0n) is 15.1. The van der Waals surface area contributed by atoms with Crippen LogP contribution in [0.25, 0.3) is 11.3 Å². The second-order valence-corrected chi connectivity index (χ2v) is 7.43. The molecule has 4 nitrogen and oxygen atoms in total. The van der Waals surface area contributed by atoms with E-state index in [0.29, 0.717) is 29.0 Å². The zero-order valence-corrected chi connectivity index (χ0v) is 15.1. The molecule has 1 aliphatic rings. The predicted octanol–water partition coefficient (Wildman–Crippen LogP) is 4.80. The zero-order chi connectivity index (χ0) is 18.1. The fourth-order valence-corrected chi connectivity index (χ4v) is 4.02. The molecule has 2 aromatic heterocycles. The maximum Gasteiger partial charge on any atom is 0.132 e. The van der Waals surface area contributed by atoms with Crippen molar-refractivity contribution in [2.75, 3.05) is 0 Å². The first-order valence-electron chi connectivity index (χ1n) is 9.21. The van der Waals surface area contributed by atoms with Crippen LogP contribution in [0.2, 0.25) is 0 Å². The van der Waals surface area contributed by atoms with E-state index in [2.05, 4.69) is 39.7 Å². The molecule has 2 atom stereocenters. The molecule has 4 rings (SSSR count). The van der Waals surface area contributed by atoms with Crippen molar-refractivity contribution in [2.24, 2.45) is 5.92 Å². The van der Waals surface area contributed by atoms with Gasteiger partial charge in [0.1, 0.15) is 5.82 Å². The van der Waals surface area contributed by atoms with E-state index in [0.717, 1.165) is 25.1 Å². The standard InChI is InChI=1S/C21H23FN4/c1-14(2)16-8-7-15(12-26-10-9-23-13-26)21-18(16)11-20(24-25-21)17-5-3-4-6-19(17)22/h3-6,9-11,13-16H,7-8,12H2,1-2H3. The molecule has 1 aromatic carbocycles. The van der Waals surface area contributed by atoms with Gasteiger partial charge in [0, 0.05) is 30.4 Å². The van der Waals surface area contributed by atoms with E-state index in [1.54, 1.807) is 18.3 Å². The molecule has 0 saturated carbocycles. The summed E-state index contributed by atoms with van der Waals surface area (Å²) in [7, 11) is 0. The van der Waals surface area contributed by atoms with Crippen LogP contribution in [0, 0.1) is 11.7 Å². The SMILES string of the molecule is CC(C)C1CCC(Cn2ccnc2)c2nnc(-c3ccccc3F)cc21. The number of rotatable bonds is 4. The van der Waals surface area contributed by atoms with E-state index in [4.69, 9.17) is 0 Å². The Morgan fingerprint density at radius 1 is 1.19 bits per heavy atom. The Kier molecular flexibility index (Phi) is 4.53. The fraction of sp³-hybridized carbons (Fsp3) is 0.381. The molecule has 0 amide bonds. The van der Waals surface area contributed by atoms with Crippen molar-refractivity contribution in [3.63, 3.8) is 0 Å². The van der Waals surface area contributed by atoms with Gasteiger partial charge in [-0.15, -0.1) is 0 Å². The average Bonchev–Trinajstić information content (AvgIpc) is 3.15. The van der Waals surface area contributed by atoms with Gasteiger partial charge in [-0.25, -0.2) is 9.37 Å². The van der Waals surface area contributed by atoms with Gasteiger partial charge >= 0.3 is 0 Å². The molecule has 5 heteroatoms. The second-order valence-electron chi connectivity index (χ2n) is 7.43. The van der Waals surface area contributed by atoms with Gasteiger partial charge < -0.3 is 4.57 Å². The quantitative estimate of drug-likeness (QED) is 0.679. The van der Waals surface area contributed by atoms with Crippen molar-refractivity contribution in [3.05, 3.63) is 66.1 Å². The first-order chi connectivity index (χ1) is 12.6. The molecule has 0 spiro atoms. The molecule has 0 aliphatic heterocycles. The molecule has 2 heterocycles. The van der Waals surface area contributed by atoms with E-state index in [-0.39, 0.29) is 5.82 Å². The number of imidazole rings is 1. The molecule has 0 radical (unpaired) electrons. The van der Waals surface area contributed by atoms with Crippen LogP contribution in [0.1, 0.15) is 49.8 Å². The topological polar surface area (TPSA) is 43.6 Å². The number of benzene rings is 1. The Labute approximate surface area is 153 Å². The maximum absolute atomic E-state index is 14.2. The molecule has 3 aromatic rings. The number of hydrogen-bond acceptors (Lipinski definition) is 3. The van der Waals surface area contributed by atoms with Gasteiger partial charge in [-0.05, 0) is 48.4 Å². The van der Waals surface area contributed by atoms with Gasteiger partial charge in [-0.3, -0.25) is 0 Å². The summed E-state index contributed by atoms with van der Waals surface area (Å²) in [5.74, 6) is 1.01. The summed E-state index contributed by atoms with van der Waals surface area (Å²) in [6.07, 6.45) is 7.83. The highest BCUT2D eigenvalue weighted by Crippen LogP contribution is 2.42. The average molecular weight is 350 g/mol. The Bertz CT molecular complexity index is 889. The summed E-state index contributed by atoms with van der Waals surface area (Å²) in [6.45, 7) is 5.34. The minimum atomic E-state index is -0.256. The third kappa shape index (κ3) is 3.14. The predicted molar refractivity (Wildman–Crippen MR) is 99.2 cm³/mol. The summed E-state index contributed by atoms with van der Waals surface area (Å²) < 4.78 is 16.3. The lowest BCUT2D eigenvalue weighted by Crippen LogP contribution is -2.23. The lowest BCUT2D eigenvalue weighted by atomic mass is 9.74. The van der Waals surface area contributed by atoms with Gasteiger partial charge in [-0.1, -0.05) is 26.0 Å². The van der Waals surface area contributed by atoms with Gasteiger partial charge in [0.05, 0.1) is 17.7 Å². The lowest BCUT2D eigenvalue weighted by molar-refractivity contribution is 0.372. The van der Waals surface area contributed by atoms with E-state index >= 15 is 0 Å². The van der Waals surface area contributed by atoms with Crippen LogP contribution in [0.5, 0.6) is 0 Å². The van der Waals surface area contributed by atoms with Crippen LogP contribution in [-0.4, -0.2) is 19.7 Å². The van der Waals surface area contributed by atoms with Crippen LogP contribution in [0.15, 0.2) is 49.1 Å². The minimum Gasteiger partial charge on any atom is -0.337 e. The van der Waals surface area contributed by atoms with Gasteiger partial charge in [0.2, 0.25) is 0 Å². The molecule has 0 saturated heterocycles. The Morgan fingerprint density at radius 3 is 2.77 bits per heavy atom. The molecule has 0 N–H and O–H groups in total. The molecular formula is C21H23FN4. The van der Waals surface area contributed by atoms with Crippen LogP contribution < -0.4 is 0 Å². The van der Waals surface area contributed by atoms with Gasteiger partial charge in [0.25, 0.3) is 0 Å². The van der Waals surface area contributed by atoms with E-state index < -0.39 is 0 Å². The van der Waals surface area contributed by atoms with Crippen molar-refractivity contribution in [2.45, 2.75) is 45.1 Å². The van der Waals surface area contributed by atoms with E-state index in [9.17, 15) is 4.39 Å². The molecule has 26 heavy (non-hydrogen) atoms. The normalized spacial score (nSPS) is 19.5. The number of aromatic nitrogens is 4. The summed E-state index contributed by atoms with van der Waals surface area (Å²) >= 11 is 0. The van der Waals surface area contributed by atoms with Gasteiger partial charge in [-0.2, -0.15) is 10.2 Å². The van der Waals surface area contributed by atoms with Crippen molar-refractivity contribution in [1.29, 1.82) is 0 Å². The number of hydrogen-bond donors (Lipinski definition) is 0. The highest BCUT2D eigenvalue weighted by molar-refractivity contribution is 5.60. The monoisotopic (exact) mass is 350 g/mol.